The highest BCUT2D eigenvalue weighted by Crippen LogP contribution is 2.36. The van der Waals surface area contributed by atoms with Crippen LogP contribution >= 0.6 is 0 Å². The molecular formula is C13H17F2N3O2. The lowest BCUT2D eigenvalue weighted by Crippen LogP contribution is -2.43. The predicted molar refractivity (Wildman–Crippen MR) is 71.6 cm³/mol. The first kappa shape index (κ1) is 14.6. The van der Waals surface area contributed by atoms with Gasteiger partial charge in [0.25, 0.3) is 5.69 Å². The summed E-state index contributed by atoms with van der Waals surface area (Å²) in [4.78, 5) is 11.9. The number of halogens is 2. The number of nitrogens with zero attached hydrogens (tertiary/aromatic N) is 2. The quantitative estimate of drug-likeness (QED) is 0.683. The number of nitrogens with two attached hydrogens (primary N) is 1. The summed E-state index contributed by atoms with van der Waals surface area (Å²) in [6, 6.07) is 1.78. The lowest BCUT2D eigenvalue weighted by Gasteiger charge is -2.37. The molecule has 1 aliphatic heterocycles. The lowest BCUT2D eigenvalue weighted by atomic mass is 9.87. The highest BCUT2D eigenvalue weighted by Gasteiger charge is 2.32. The number of benzene rings is 1. The Morgan fingerprint density at radius 1 is 1.50 bits per heavy atom. The van der Waals surface area contributed by atoms with Crippen molar-refractivity contribution in [1.82, 2.24) is 0 Å². The van der Waals surface area contributed by atoms with Crippen molar-refractivity contribution in [1.29, 1.82) is 0 Å². The van der Waals surface area contributed by atoms with Crippen LogP contribution in [0.4, 0.5) is 20.2 Å². The summed E-state index contributed by atoms with van der Waals surface area (Å²) in [5.74, 6) is -1.75. The fourth-order valence-corrected chi connectivity index (χ4v) is 2.64. The Labute approximate surface area is 115 Å². The van der Waals surface area contributed by atoms with Crippen molar-refractivity contribution in [2.45, 2.75) is 13.3 Å². The SMILES string of the molecule is CC1CCN(c2c([N+](=O)[O-])ccc(F)c2F)CC1CN. The second-order valence-corrected chi connectivity index (χ2v) is 5.19. The Balaban J connectivity index is 2.41. The van der Waals surface area contributed by atoms with E-state index >= 15 is 0 Å². The maximum atomic E-state index is 14.0. The van der Waals surface area contributed by atoms with Gasteiger partial charge in [0.05, 0.1) is 4.92 Å². The zero-order valence-electron chi connectivity index (χ0n) is 11.2. The smallest absolute Gasteiger partial charge is 0.295 e. The molecule has 2 atom stereocenters. The van der Waals surface area contributed by atoms with Gasteiger partial charge in [0, 0.05) is 19.2 Å². The Bertz CT molecular complexity index is 525. The Kier molecular flexibility index (Phi) is 4.17. The van der Waals surface area contributed by atoms with E-state index in [0.717, 1.165) is 18.6 Å². The number of anilines is 1. The van der Waals surface area contributed by atoms with E-state index in [-0.39, 0.29) is 11.6 Å². The first-order valence-electron chi connectivity index (χ1n) is 6.53. The fraction of sp³-hybridized carbons (Fsp3) is 0.538. The largest absolute Gasteiger partial charge is 0.363 e. The van der Waals surface area contributed by atoms with Crippen molar-refractivity contribution >= 4 is 11.4 Å². The maximum Gasteiger partial charge on any atom is 0.295 e. The van der Waals surface area contributed by atoms with Gasteiger partial charge in [-0.2, -0.15) is 0 Å². The van der Waals surface area contributed by atoms with Gasteiger partial charge in [-0.3, -0.25) is 10.1 Å². The third-order valence-corrected chi connectivity index (χ3v) is 3.98. The Morgan fingerprint density at radius 2 is 2.20 bits per heavy atom. The summed E-state index contributed by atoms with van der Waals surface area (Å²) in [5, 5.41) is 11.0. The number of rotatable bonds is 3. The minimum atomic E-state index is -1.16. The van der Waals surface area contributed by atoms with Crippen molar-refractivity contribution in [2.24, 2.45) is 17.6 Å². The summed E-state index contributed by atoms with van der Waals surface area (Å²) in [6.45, 7) is 3.32. The molecule has 0 amide bonds. The molecule has 1 heterocycles. The Hall–Kier alpha value is -1.76. The molecule has 5 nitrogen and oxygen atoms in total. The van der Waals surface area contributed by atoms with Crippen molar-refractivity contribution in [2.75, 3.05) is 24.5 Å². The van der Waals surface area contributed by atoms with Crippen molar-refractivity contribution in [3.63, 3.8) is 0 Å². The maximum absolute atomic E-state index is 14.0. The number of nitro benzene ring substituents is 1. The minimum absolute atomic E-state index is 0.117. The molecule has 20 heavy (non-hydrogen) atoms. The van der Waals surface area contributed by atoms with Crippen LogP contribution in [-0.2, 0) is 0 Å². The van der Waals surface area contributed by atoms with Crippen LogP contribution in [0.1, 0.15) is 13.3 Å². The molecule has 1 aromatic carbocycles. The van der Waals surface area contributed by atoms with Gasteiger partial charge in [-0.1, -0.05) is 6.92 Å². The van der Waals surface area contributed by atoms with Crippen LogP contribution in [0, 0.1) is 33.6 Å². The Morgan fingerprint density at radius 3 is 2.80 bits per heavy atom. The molecule has 2 N–H and O–H groups in total. The number of piperidine rings is 1. The third kappa shape index (κ3) is 2.58. The first-order chi connectivity index (χ1) is 9.45. The molecule has 7 heteroatoms. The molecule has 0 aliphatic carbocycles. The van der Waals surface area contributed by atoms with Crippen LogP contribution < -0.4 is 10.6 Å². The predicted octanol–water partition coefficient (Wildman–Crippen LogP) is 2.29. The van der Waals surface area contributed by atoms with E-state index in [0.29, 0.717) is 25.6 Å². The van der Waals surface area contributed by atoms with Gasteiger partial charge in [-0.15, -0.1) is 0 Å². The fourth-order valence-electron chi connectivity index (χ4n) is 2.64. The average Bonchev–Trinajstić information content (AvgIpc) is 2.42. The summed E-state index contributed by atoms with van der Waals surface area (Å²) in [6.07, 6.45) is 0.745. The second kappa shape index (κ2) is 5.70. The molecule has 1 saturated heterocycles. The van der Waals surface area contributed by atoms with Gasteiger partial charge < -0.3 is 10.6 Å². The third-order valence-electron chi connectivity index (χ3n) is 3.98. The summed E-state index contributed by atoms with van der Waals surface area (Å²) >= 11 is 0. The van der Waals surface area contributed by atoms with Gasteiger partial charge in [0.2, 0.25) is 0 Å². The van der Waals surface area contributed by atoms with E-state index in [9.17, 15) is 18.9 Å². The molecule has 0 radical (unpaired) electrons. The van der Waals surface area contributed by atoms with E-state index in [2.05, 4.69) is 0 Å². The van der Waals surface area contributed by atoms with E-state index in [4.69, 9.17) is 5.73 Å². The molecule has 0 saturated carbocycles. The van der Waals surface area contributed by atoms with Gasteiger partial charge in [-0.25, -0.2) is 8.78 Å². The molecule has 1 aromatic rings. The summed E-state index contributed by atoms with van der Waals surface area (Å²) in [7, 11) is 0. The summed E-state index contributed by atoms with van der Waals surface area (Å²) < 4.78 is 27.4. The molecular weight excluding hydrogens is 268 g/mol. The minimum Gasteiger partial charge on any atom is -0.363 e. The zero-order valence-corrected chi connectivity index (χ0v) is 11.2. The molecule has 0 spiro atoms. The topological polar surface area (TPSA) is 72.4 Å². The van der Waals surface area contributed by atoms with E-state index in [1.165, 1.54) is 4.90 Å². The van der Waals surface area contributed by atoms with E-state index < -0.39 is 22.2 Å². The molecule has 0 bridgehead atoms. The average molecular weight is 285 g/mol. The van der Waals surface area contributed by atoms with Crippen molar-refractivity contribution < 1.29 is 13.7 Å². The first-order valence-corrected chi connectivity index (χ1v) is 6.53. The van der Waals surface area contributed by atoms with Crippen LogP contribution in [0.2, 0.25) is 0 Å². The van der Waals surface area contributed by atoms with Gasteiger partial charge >= 0.3 is 0 Å². The molecule has 110 valence electrons. The number of nitro groups is 1. The van der Waals surface area contributed by atoms with E-state index in [1.54, 1.807) is 0 Å². The van der Waals surface area contributed by atoms with Crippen LogP contribution in [0.5, 0.6) is 0 Å². The zero-order chi connectivity index (χ0) is 14.9. The second-order valence-electron chi connectivity index (χ2n) is 5.19. The molecule has 2 rings (SSSR count). The van der Waals surface area contributed by atoms with Crippen LogP contribution in [0.25, 0.3) is 0 Å². The number of hydrogen-bond acceptors (Lipinski definition) is 4. The van der Waals surface area contributed by atoms with Crippen LogP contribution in [0.15, 0.2) is 12.1 Å². The number of hydrogen-bond donors (Lipinski definition) is 1. The lowest BCUT2D eigenvalue weighted by molar-refractivity contribution is -0.384. The standard InChI is InChI=1S/C13H17F2N3O2/c1-8-4-5-17(7-9(8)6-16)13-11(18(19)20)3-2-10(14)12(13)15/h2-3,8-9H,4-7,16H2,1H3. The highest BCUT2D eigenvalue weighted by atomic mass is 19.2. The summed E-state index contributed by atoms with van der Waals surface area (Å²) in [5.41, 5.74) is 5.00. The highest BCUT2D eigenvalue weighted by molar-refractivity contribution is 5.64. The van der Waals surface area contributed by atoms with Crippen LogP contribution in [0.3, 0.4) is 0 Å². The van der Waals surface area contributed by atoms with Crippen molar-refractivity contribution in [3.05, 3.63) is 33.9 Å². The van der Waals surface area contributed by atoms with E-state index in [1.807, 2.05) is 6.92 Å². The monoisotopic (exact) mass is 285 g/mol. The van der Waals surface area contributed by atoms with Gasteiger partial charge in [-0.05, 0) is 30.9 Å². The van der Waals surface area contributed by atoms with Crippen LogP contribution in [-0.4, -0.2) is 24.6 Å². The molecule has 2 unspecified atom stereocenters. The molecule has 1 fully saturated rings. The van der Waals surface area contributed by atoms with Crippen molar-refractivity contribution in [3.8, 4) is 0 Å². The normalized spacial score (nSPS) is 22.9. The van der Waals surface area contributed by atoms with Gasteiger partial charge in [0.1, 0.15) is 0 Å². The molecule has 1 aliphatic rings. The van der Waals surface area contributed by atoms with Gasteiger partial charge in [0.15, 0.2) is 17.3 Å². The molecule has 0 aromatic heterocycles.